The second-order valence-corrected chi connectivity index (χ2v) is 4.81. The average Bonchev–Trinajstić information content (AvgIpc) is 2.40. The van der Waals surface area contributed by atoms with Gasteiger partial charge in [0.05, 0.1) is 7.11 Å². The number of rotatable bonds is 4. The third-order valence-corrected chi connectivity index (χ3v) is 3.13. The molecule has 0 aliphatic heterocycles. The van der Waals surface area contributed by atoms with Crippen molar-refractivity contribution in [2.75, 3.05) is 24.8 Å². The van der Waals surface area contributed by atoms with Crippen LogP contribution in [0.1, 0.15) is 11.1 Å². The van der Waals surface area contributed by atoms with Crippen LogP contribution in [0.3, 0.4) is 0 Å². The number of methoxy groups -OCH3 is 1. The molecule has 0 spiro atoms. The molecule has 19 heavy (non-hydrogen) atoms. The summed E-state index contributed by atoms with van der Waals surface area (Å²) >= 11 is 0. The Morgan fingerprint density at radius 1 is 1.11 bits per heavy atom. The monoisotopic (exact) mass is 256 g/mol. The van der Waals surface area contributed by atoms with Crippen molar-refractivity contribution in [3.8, 4) is 5.75 Å². The lowest BCUT2D eigenvalue weighted by molar-refractivity contribution is 0.415. The first-order chi connectivity index (χ1) is 9.08. The zero-order valence-electron chi connectivity index (χ0n) is 11.7. The van der Waals surface area contributed by atoms with E-state index in [0.717, 1.165) is 18.0 Å². The molecule has 2 aromatic carbocycles. The Balaban J connectivity index is 2.17. The third kappa shape index (κ3) is 3.41. The van der Waals surface area contributed by atoms with Gasteiger partial charge in [-0.05, 0) is 18.6 Å². The second kappa shape index (κ2) is 5.65. The molecule has 0 atom stereocenters. The molecule has 3 heteroatoms. The molecule has 100 valence electrons. The summed E-state index contributed by atoms with van der Waals surface area (Å²) in [6.45, 7) is 2.93. The van der Waals surface area contributed by atoms with E-state index in [0.29, 0.717) is 5.69 Å². The van der Waals surface area contributed by atoms with E-state index in [1.54, 1.807) is 7.11 Å². The van der Waals surface area contributed by atoms with Gasteiger partial charge in [0, 0.05) is 37.1 Å². The largest absolute Gasteiger partial charge is 0.497 e. The molecule has 0 unspecified atom stereocenters. The normalized spacial score (nSPS) is 10.3. The Morgan fingerprint density at radius 2 is 1.79 bits per heavy atom. The van der Waals surface area contributed by atoms with Crippen molar-refractivity contribution in [3.05, 3.63) is 53.6 Å². The van der Waals surface area contributed by atoms with Crippen molar-refractivity contribution in [2.24, 2.45) is 0 Å². The van der Waals surface area contributed by atoms with Crippen molar-refractivity contribution < 1.29 is 4.74 Å². The molecule has 0 bridgehead atoms. The predicted octanol–water partition coefficient (Wildman–Crippen LogP) is 3.22. The third-order valence-electron chi connectivity index (χ3n) is 3.13. The summed E-state index contributed by atoms with van der Waals surface area (Å²) in [5.74, 6) is 0.783. The lowest BCUT2D eigenvalue weighted by Crippen LogP contribution is -2.16. The molecule has 2 aromatic rings. The van der Waals surface area contributed by atoms with E-state index in [9.17, 15) is 0 Å². The molecule has 0 saturated carbocycles. The van der Waals surface area contributed by atoms with Gasteiger partial charge in [-0.25, -0.2) is 0 Å². The zero-order valence-corrected chi connectivity index (χ0v) is 11.7. The maximum absolute atomic E-state index is 5.88. The van der Waals surface area contributed by atoms with Gasteiger partial charge >= 0.3 is 0 Å². The minimum absolute atomic E-state index is 0.713. The summed E-state index contributed by atoms with van der Waals surface area (Å²) in [5.41, 5.74) is 10.2. The highest BCUT2D eigenvalue weighted by Crippen LogP contribution is 2.25. The Kier molecular flexibility index (Phi) is 3.95. The molecule has 3 nitrogen and oxygen atoms in total. The summed E-state index contributed by atoms with van der Waals surface area (Å²) in [6, 6.07) is 14.3. The van der Waals surface area contributed by atoms with Gasteiger partial charge in [0.15, 0.2) is 0 Å². The number of nitrogens with two attached hydrogens (primary N) is 1. The molecule has 0 saturated heterocycles. The highest BCUT2D eigenvalue weighted by molar-refractivity contribution is 5.60. The first-order valence-corrected chi connectivity index (χ1v) is 6.30. The number of anilines is 2. The van der Waals surface area contributed by atoms with Gasteiger partial charge in [-0.3, -0.25) is 0 Å². The lowest BCUT2D eigenvalue weighted by Gasteiger charge is -2.20. The fourth-order valence-electron chi connectivity index (χ4n) is 2.00. The van der Waals surface area contributed by atoms with Crippen LogP contribution in [-0.4, -0.2) is 14.2 Å². The Bertz CT molecular complexity index is 549. The zero-order chi connectivity index (χ0) is 13.8. The second-order valence-electron chi connectivity index (χ2n) is 4.81. The van der Waals surface area contributed by atoms with E-state index in [1.165, 1.54) is 11.1 Å². The topological polar surface area (TPSA) is 38.5 Å². The van der Waals surface area contributed by atoms with E-state index < -0.39 is 0 Å². The molecule has 0 aliphatic rings. The van der Waals surface area contributed by atoms with Gasteiger partial charge in [0.2, 0.25) is 0 Å². The number of nitrogen functional groups attached to an aromatic ring is 1. The molecule has 0 aromatic heterocycles. The molecule has 0 fully saturated rings. The van der Waals surface area contributed by atoms with Crippen LogP contribution in [-0.2, 0) is 6.54 Å². The Labute approximate surface area is 114 Å². The van der Waals surface area contributed by atoms with Crippen LogP contribution in [0.5, 0.6) is 5.75 Å². The highest BCUT2D eigenvalue weighted by Gasteiger charge is 2.05. The summed E-state index contributed by atoms with van der Waals surface area (Å²) in [6.07, 6.45) is 0. The highest BCUT2D eigenvalue weighted by atomic mass is 16.5. The average molecular weight is 256 g/mol. The Hall–Kier alpha value is -2.16. The lowest BCUT2D eigenvalue weighted by atomic mass is 10.1. The van der Waals surface area contributed by atoms with Crippen LogP contribution < -0.4 is 15.4 Å². The first-order valence-electron chi connectivity index (χ1n) is 6.30. The van der Waals surface area contributed by atoms with Crippen LogP contribution in [0.25, 0.3) is 0 Å². The molecule has 0 heterocycles. The van der Waals surface area contributed by atoms with Crippen LogP contribution in [0, 0.1) is 6.92 Å². The number of ether oxygens (including phenoxy) is 1. The summed E-state index contributed by atoms with van der Waals surface area (Å²) < 4.78 is 5.25. The molecule has 0 radical (unpaired) electrons. The van der Waals surface area contributed by atoms with Gasteiger partial charge in [-0.1, -0.05) is 29.8 Å². The summed E-state index contributed by atoms with van der Waals surface area (Å²) in [4.78, 5) is 2.16. The molecular formula is C16H20N2O. The fourth-order valence-corrected chi connectivity index (χ4v) is 2.00. The van der Waals surface area contributed by atoms with Gasteiger partial charge in [-0.2, -0.15) is 0 Å². The quantitative estimate of drug-likeness (QED) is 0.854. The van der Waals surface area contributed by atoms with Crippen LogP contribution in [0.2, 0.25) is 0 Å². The molecule has 0 aliphatic carbocycles. The minimum atomic E-state index is 0.713. The number of nitrogens with zero attached hydrogens (tertiary/aromatic N) is 1. The standard InChI is InChI=1S/C16H20N2O/c1-12-4-6-13(7-5-12)11-18(2)15-8-14(17)9-16(10-15)19-3/h4-10H,11,17H2,1-3H3. The minimum Gasteiger partial charge on any atom is -0.497 e. The molecule has 2 rings (SSSR count). The number of aryl methyl sites for hydroxylation is 1. The molecule has 2 N–H and O–H groups in total. The van der Waals surface area contributed by atoms with Crippen LogP contribution >= 0.6 is 0 Å². The van der Waals surface area contributed by atoms with Crippen molar-refractivity contribution in [1.29, 1.82) is 0 Å². The number of hydrogen-bond acceptors (Lipinski definition) is 3. The van der Waals surface area contributed by atoms with E-state index in [2.05, 4.69) is 36.1 Å². The van der Waals surface area contributed by atoms with Crippen molar-refractivity contribution in [3.63, 3.8) is 0 Å². The van der Waals surface area contributed by atoms with Crippen molar-refractivity contribution in [2.45, 2.75) is 13.5 Å². The maximum atomic E-state index is 5.88. The van der Waals surface area contributed by atoms with E-state index >= 15 is 0 Å². The number of benzene rings is 2. The van der Waals surface area contributed by atoms with E-state index in [-0.39, 0.29) is 0 Å². The summed E-state index contributed by atoms with van der Waals surface area (Å²) in [7, 11) is 3.70. The van der Waals surface area contributed by atoms with Gasteiger partial charge in [0.1, 0.15) is 5.75 Å². The van der Waals surface area contributed by atoms with E-state index in [1.807, 2.05) is 25.2 Å². The SMILES string of the molecule is COc1cc(N)cc(N(C)Cc2ccc(C)cc2)c1. The van der Waals surface area contributed by atoms with Crippen LogP contribution in [0.15, 0.2) is 42.5 Å². The fraction of sp³-hybridized carbons (Fsp3) is 0.250. The smallest absolute Gasteiger partial charge is 0.122 e. The van der Waals surface area contributed by atoms with E-state index in [4.69, 9.17) is 10.5 Å². The predicted molar refractivity (Wildman–Crippen MR) is 80.7 cm³/mol. The molecule has 0 amide bonds. The maximum Gasteiger partial charge on any atom is 0.122 e. The van der Waals surface area contributed by atoms with Crippen molar-refractivity contribution in [1.82, 2.24) is 0 Å². The van der Waals surface area contributed by atoms with Gasteiger partial charge in [0.25, 0.3) is 0 Å². The van der Waals surface area contributed by atoms with Gasteiger partial charge in [-0.15, -0.1) is 0 Å². The first kappa shape index (κ1) is 13.3. The van der Waals surface area contributed by atoms with Gasteiger partial charge < -0.3 is 15.4 Å². The Morgan fingerprint density at radius 3 is 2.42 bits per heavy atom. The van der Waals surface area contributed by atoms with Crippen molar-refractivity contribution >= 4 is 11.4 Å². The molecular weight excluding hydrogens is 236 g/mol. The van der Waals surface area contributed by atoms with Crippen LogP contribution in [0.4, 0.5) is 11.4 Å². The number of hydrogen-bond donors (Lipinski definition) is 1. The summed E-state index contributed by atoms with van der Waals surface area (Å²) in [5, 5.41) is 0.